The van der Waals surface area contributed by atoms with Crippen LogP contribution in [0, 0.1) is 0 Å². The molecule has 1 aromatic heterocycles. The SMILES string of the molecule is CC(C)c1ccccc1-n1cc(CCCO)nn1. The van der Waals surface area contributed by atoms with Gasteiger partial charge < -0.3 is 5.11 Å². The Hall–Kier alpha value is -1.68. The number of aromatic nitrogens is 3. The molecule has 96 valence electrons. The predicted molar refractivity (Wildman–Crippen MR) is 70.9 cm³/mol. The van der Waals surface area contributed by atoms with Crippen molar-refractivity contribution in [2.24, 2.45) is 0 Å². The van der Waals surface area contributed by atoms with Crippen LogP contribution in [0.15, 0.2) is 30.5 Å². The van der Waals surface area contributed by atoms with E-state index in [0.29, 0.717) is 5.92 Å². The molecule has 0 bridgehead atoms. The maximum Gasteiger partial charge on any atom is 0.0832 e. The Morgan fingerprint density at radius 3 is 2.78 bits per heavy atom. The minimum absolute atomic E-state index is 0.190. The fraction of sp³-hybridized carbons (Fsp3) is 0.429. The highest BCUT2D eigenvalue weighted by molar-refractivity contribution is 5.42. The molecule has 0 aliphatic carbocycles. The summed E-state index contributed by atoms with van der Waals surface area (Å²) in [6, 6.07) is 8.23. The summed E-state index contributed by atoms with van der Waals surface area (Å²) >= 11 is 0. The van der Waals surface area contributed by atoms with Crippen LogP contribution in [0.2, 0.25) is 0 Å². The van der Waals surface area contributed by atoms with E-state index in [2.05, 4.69) is 36.3 Å². The van der Waals surface area contributed by atoms with Crippen LogP contribution in [0.3, 0.4) is 0 Å². The van der Waals surface area contributed by atoms with Crippen molar-refractivity contribution in [3.63, 3.8) is 0 Å². The van der Waals surface area contributed by atoms with Crippen molar-refractivity contribution in [3.8, 4) is 5.69 Å². The maximum absolute atomic E-state index is 8.81. The molecule has 1 aromatic carbocycles. The molecule has 0 fully saturated rings. The first kappa shape index (κ1) is 12.8. The molecule has 0 spiro atoms. The second-order valence-electron chi connectivity index (χ2n) is 4.70. The molecule has 0 aliphatic rings. The van der Waals surface area contributed by atoms with Crippen LogP contribution in [-0.2, 0) is 6.42 Å². The number of hydrogen-bond donors (Lipinski definition) is 1. The first-order valence-electron chi connectivity index (χ1n) is 6.33. The number of rotatable bonds is 5. The minimum atomic E-state index is 0.190. The zero-order valence-corrected chi connectivity index (χ0v) is 10.9. The normalized spacial score (nSPS) is 11.1. The summed E-state index contributed by atoms with van der Waals surface area (Å²) in [7, 11) is 0. The summed E-state index contributed by atoms with van der Waals surface area (Å²) < 4.78 is 1.82. The number of hydrogen-bond acceptors (Lipinski definition) is 3. The molecule has 0 radical (unpaired) electrons. The van der Waals surface area contributed by atoms with Crippen LogP contribution in [0.25, 0.3) is 5.69 Å². The van der Waals surface area contributed by atoms with Gasteiger partial charge in [-0.2, -0.15) is 0 Å². The van der Waals surface area contributed by atoms with Crippen LogP contribution in [0.5, 0.6) is 0 Å². The Kier molecular flexibility index (Phi) is 4.10. The van der Waals surface area contributed by atoms with E-state index in [4.69, 9.17) is 5.11 Å². The predicted octanol–water partition coefficient (Wildman–Crippen LogP) is 2.32. The molecule has 18 heavy (non-hydrogen) atoms. The summed E-state index contributed by atoms with van der Waals surface area (Å²) in [5.41, 5.74) is 3.26. The quantitative estimate of drug-likeness (QED) is 0.879. The van der Waals surface area contributed by atoms with Crippen molar-refractivity contribution in [3.05, 3.63) is 41.7 Å². The first-order valence-corrected chi connectivity index (χ1v) is 6.33. The summed E-state index contributed by atoms with van der Waals surface area (Å²) in [5, 5.41) is 17.1. The minimum Gasteiger partial charge on any atom is -0.396 e. The first-order chi connectivity index (χ1) is 8.72. The van der Waals surface area contributed by atoms with Crippen LogP contribution in [0.1, 0.15) is 37.4 Å². The highest BCUT2D eigenvalue weighted by atomic mass is 16.2. The Labute approximate surface area is 107 Å². The zero-order valence-electron chi connectivity index (χ0n) is 10.9. The van der Waals surface area contributed by atoms with Crippen LogP contribution >= 0.6 is 0 Å². The van der Waals surface area contributed by atoms with Gasteiger partial charge in [-0.25, -0.2) is 4.68 Å². The van der Waals surface area contributed by atoms with Gasteiger partial charge in [0, 0.05) is 6.61 Å². The molecule has 4 nitrogen and oxygen atoms in total. The van der Waals surface area contributed by atoms with Gasteiger partial charge in [0.05, 0.1) is 17.6 Å². The summed E-state index contributed by atoms with van der Waals surface area (Å²) in [4.78, 5) is 0. The second-order valence-corrected chi connectivity index (χ2v) is 4.70. The van der Waals surface area contributed by atoms with E-state index in [9.17, 15) is 0 Å². The molecule has 1 heterocycles. The lowest BCUT2D eigenvalue weighted by Gasteiger charge is -2.11. The van der Waals surface area contributed by atoms with E-state index in [1.54, 1.807) is 0 Å². The lowest BCUT2D eigenvalue weighted by molar-refractivity contribution is 0.288. The van der Waals surface area contributed by atoms with Gasteiger partial charge in [0.2, 0.25) is 0 Å². The number of para-hydroxylation sites is 1. The average Bonchev–Trinajstić information content (AvgIpc) is 2.85. The van der Waals surface area contributed by atoms with E-state index in [-0.39, 0.29) is 6.61 Å². The Balaban J connectivity index is 2.28. The number of aliphatic hydroxyl groups excluding tert-OH is 1. The molecule has 0 amide bonds. The van der Waals surface area contributed by atoms with E-state index < -0.39 is 0 Å². The number of aryl methyl sites for hydroxylation is 1. The summed E-state index contributed by atoms with van der Waals surface area (Å²) in [5.74, 6) is 0.450. The van der Waals surface area contributed by atoms with Gasteiger partial charge in [-0.05, 0) is 30.4 Å². The van der Waals surface area contributed by atoms with Gasteiger partial charge in [0.15, 0.2) is 0 Å². The lowest BCUT2D eigenvalue weighted by atomic mass is 10.0. The lowest BCUT2D eigenvalue weighted by Crippen LogP contribution is -2.01. The fourth-order valence-electron chi connectivity index (χ4n) is 1.98. The van der Waals surface area contributed by atoms with Crippen LogP contribution < -0.4 is 0 Å². The van der Waals surface area contributed by atoms with E-state index in [1.807, 2.05) is 23.0 Å². The Bertz CT molecular complexity index is 505. The molecule has 4 heteroatoms. The molecule has 2 rings (SSSR count). The molecule has 0 atom stereocenters. The van der Waals surface area contributed by atoms with Crippen molar-refractivity contribution in [1.82, 2.24) is 15.0 Å². The van der Waals surface area contributed by atoms with Gasteiger partial charge in [-0.3, -0.25) is 0 Å². The molecular weight excluding hydrogens is 226 g/mol. The zero-order chi connectivity index (χ0) is 13.0. The molecule has 0 unspecified atom stereocenters. The van der Waals surface area contributed by atoms with Crippen molar-refractivity contribution >= 4 is 0 Å². The molecule has 2 aromatic rings. The van der Waals surface area contributed by atoms with Gasteiger partial charge in [0.25, 0.3) is 0 Å². The highest BCUT2D eigenvalue weighted by Gasteiger charge is 2.09. The molecule has 1 N–H and O–H groups in total. The van der Waals surface area contributed by atoms with Crippen molar-refractivity contribution in [2.75, 3.05) is 6.61 Å². The molecule has 0 saturated carbocycles. The van der Waals surface area contributed by atoms with Gasteiger partial charge in [0.1, 0.15) is 0 Å². The maximum atomic E-state index is 8.81. The third-order valence-corrected chi connectivity index (χ3v) is 2.94. The van der Waals surface area contributed by atoms with Gasteiger partial charge in [-0.1, -0.05) is 37.3 Å². The van der Waals surface area contributed by atoms with E-state index in [0.717, 1.165) is 24.2 Å². The summed E-state index contributed by atoms with van der Waals surface area (Å²) in [6.45, 7) is 4.53. The van der Waals surface area contributed by atoms with Crippen LogP contribution in [-0.4, -0.2) is 26.7 Å². The van der Waals surface area contributed by atoms with Crippen molar-refractivity contribution < 1.29 is 5.11 Å². The molecular formula is C14H19N3O. The second kappa shape index (κ2) is 5.78. The van der Waals surface area contributed by atoms with Crippen LogP contribution in [0.4, 0.5) is 0 Å². The highest BCUT2D eigenvalue weighted by Crippen LogP contribution is 2.22. The monoisotopic (exact) mass is 245 g/mol. The number of benzene rings is 1. The van der Waals surface area contributed by atoms with E-state index in [1.165, 1.54) is 5.56 Å². The largest absolute Gasteiger partial charge is 0.396 e. The van der Waals surface area contributed by atoms with Gasteiger partial charge in [-0.15, -0.1) is 5.10 Å². The Morgan fingerprint density at radius 1 is 1.28 bits per heavy atom. The van der Waals surface area contributed by atoms with Gasteiger partial charge >= 0.3 is 0 Å². The van der Waals surface area contributed by atoms with Crippen molar-refractivity contribution in [1.29, 1.82) is 0 Å². The topological polar surface area (TPSA) is 50.9 Å². The van der Waals surface area contributed by atoms with Crippen molar-refractivity contribution in [2.45, 2.75) is 32.6 Å². The summed E-state index contributed by atoms with van der Waals surface area (Å²) in [6.07, 6.45) is 3.43. The fourth-order valence-corrected chi connectivity index (χ4v) is 1.98. The Morgan fingerprint density at radius 2 is 2.06 bits per heavy atom. The third-order valence-electron chi connectivity index (χ3n) is 2.94. The third kappa shape index (κ3) is 2.76. The smallest absolute Gasteiger partial charge is 0.0832 e. The average molecular weight is 245 g/mol. The molecule has 0 aliphatic heterocycles. The number of nitrogens with zero attached hydrogens (tertiary/aromatic N) is 3. The standard InChI is InChI=1S/C14H19N3O/c1-11(2)13-7-3-4-8-14(13)17-10-12(15-16-17)6-5-9-18/h3-4,7-8,10-11,18H,5-6,9H2,1-2H3. The number of aliphatic hydroxyl groups is 1. The molecule has 0 saturated heterocycles. The van der Waals surface area contributed by atoms with E-state index >= 15 is 0 Å².